The summed E-state index contributed by atoms with van der Waals surface area (Å²) in [5, 5.41) is 18.0. The van der Waals surface area contributed by atoms with E-state index in [1.54, 1.807) is 11.9 Å². The van der Waals surface area contributed by atoms with Gasteiger partial charge in [0.25, 0.3) is 0 Å². The summed E-state index contributed by atoms with van der Waals surface area (Å²) in [7, 11) is 8.31. The van der Waals surface area contributed by atoms with E-state index in [0.717, 1.165) is 67.3 Å². The van der Waals surface area contributed by atoms with Crippen molar-refractivity contribution in [3.63, 3.8) is 0 Å². The van der Waals surface area contributed by atoms with Crippen molar-refractivity contribution >= 4 is 11.8 Å². The van der Waals surface area contributed by atoms with Crippen molar-refractivity contribution in [1.29, 1.82) is 0 Å². The summed E-state index contributed by atoms with van der Waals surface area (Å²) in [6, 6.07) is 0. The van der Waals surface area contributed by atoms with Gasteiger partial charge in [0, 0.05) is 32.6 Å². The molecule has 0 aromatic carbocycles. The van der Waals surface area contributed by atoms with E-state index in [0.29, 0.717) is 18.4 Å². The molecule has 0 unspecified atom stereocenters. The number of rotatable bonds is 8. The lowest BCUT2D eigenvalue weighted by Crippen LogP contribution is -2.51. The van der Waals surface area contributed by atoms with E-state index in [1.165, 1.54) is 31.3 Å². The van der Waals surface area contributed by atoms with Crippen LogP contribution < -0.4 is 5.32 Å². The van der Waals surface area contributed by atoms with Crippen molar-refractivity contribution in [3.05, 3.63) is 11.6 Å². The number of carbonyl (C=O) groups excluding carboxylic acids is 1. The molecule has 3 fully saturated rings. The van der Waals surface area contributed by atoms with Gasteiger partial charge in [0.1, 0.15) is 0 Å². The van der Waals surface area contributed by atoms with Crippen LogP contribution in [0.1, 0.15) is 72.1 Å². The number of fused-ring (bicyclic) bond motifs is 5. The van der Waals surface area contributed by atoms with E-state index in [4.69, 9.17) is 4.84 Å². The Hall–Kier alpha value is -1.44. The smallest absolute Gasteiger partial charge is 0.389 e. The summed E-state index contributed by atoms with van der Waals surface area (Å²) in [5.41, 5.74) is 3.01. The first kappa shape index (κ1) is 28.6. The standard InChI is InChI=1S/C30H53N4O3/c1-21(32-37-28(36)33(4)18-16-31-17-19-34(5,6)7)25-10-11-26-24-9-8-22-20-23(35)12-14-29(22,2)27(24)13-15-30(25,26)3/h20,23-27,31,35H,8-19H2,1-7H3/q+1/b32-21+/t23-,24+,25-,26+,27+,29+,30-/m1/s1. The highest BCUT2D eigenvalue weighted by atomic mass is 16.7. The van der Waals surface area contributed by atoms with Crippen molar-refractivity contribution in [2.75, 3.05) is 54.4 Å². The van der Waals surface area contributed by atoms with Crippen LogP contribution in [0.2, 0.25) is 0 Å². The number of aliphatic hydroxyl groups excluding tert-OH is 1. The molecule has 210 valence electrons. The molecule has 0 spiro atoms. The van der Waals surface area contributed by atoms with Crippen LogP contribution in [0.5, 0.6) is 0 Å². The zero-order chi connectivity index (χ0) is 27.0. The second-order valence-corrected chi connectivity index (χ2v) is 14.1. The topological polar surface area (TPSA) is 74.2 Å². The number of nitrogens with one attached hydrogen (secondary N) is 1. The fourth-order valence-electron chi connectivity index (χ4n) is 8.52. The van der Waals surface area contributed by atoms with E-state index >= 15 is 0 Å². The third kappa shape index (κ3) is 5.94. The lowest BCUT2D eigenvalue weighted by atomic mass is 9.46. The lowest BCUT2D eigenvalue weighted by Gasteiger charge is -2.58. The third-order valence-electron chi connectivity index (χ3n) is 10.8. The Morgan fingerprint density at radius 3 is 2.62 bits per heavy atom. The van der Waals surface area contributed by atoms with Crippen molar-refractivity contribution < 1.29 is 19.2 Å². The largest absolute Gasteiger partial charge is 0.435 e. The highest BCUT2D eigenvalue weighted by molar-refractivity contribution is 5.85. The Bertz CT molecular complexity index is 896. The normalized spacial score (nSPS) is 37.8. The quantitative estimate of drug-likeness (QED) is 0.123. The van der Waals surface area contributed by atoms with Crippen LogP contribution >= 0.6 is 0 Å². The fraction of sp³-hybridized carbons (Fsp3) is 0.867. The number of carbonyl (C=O) groups is 1. The van der Waals surface area contributed by atoms with Gasteiger partial charge in [-0.25, -0.2) is 4.79 Å². The Labute approximate surface area is 225 Å². The molecular weight excluding hydrogens is 464 g/mol. The molecule has 4 aliphatic rings. The van der Waals surface area contributed by atoms with Crippen LogP contribution in [0.15, 0.2) is 16.8 Å². The maximum absolute atomic E-state index is 12.6. The monoisotopic (exact) mass is 517 g/mol. The molecule has 0 saturated heterocycles. The average molecular weight is 518 g/mol. The number of oxime groups is 1. The number of nitrogens with zero attached hydrogens (tertiary/aromatic N) is 3. The number of likely N-dealkylation sites (N-methyl/N-ethyl adjacent to an activating group) is 2. The molecule has 7 heteroatoms. The molecule has 7 atom stereocenters. The first-order valence-corrected chi connectivity index (χ1v) is 14.7. The Kier molecular flexibility index (Phi) is 8.47. The van der Waals surface area contributed by atoms with Crippen LogP contribution in [0.3, 0.4) is 0 Å². The van der Waals surface area contributed by atoms with E-state index < -0.39 is 0 Å². The van der Waals surface area contributed by atoms with Crippen LogP contribution in [-0.4, -0.2) is 86.8 Å². The van der Waals surface area contributed by atoms with Crippen molar-refractivity contribution in [2.24, 2.45) is 39.7 Å². The number of quaternary nitrogens is 1. The van der Waals surface area contributed by atoms with Gasteiger partial charge in [-0.1, -0.05) is 30.7 Å². The minimum atomic E-state index is -0.379. The van der Waals surface area contributed by atoms with Gasteiger partial charge in [0.05, 0.1) is 39.5 Å². The summed E-state index contributed by atoms with van der Waals surface area (Å²) in [5.74, 6) is 2.58. The highest BCUT2D eigenvalue weighted by Crippen LogP contribution is 2.66. The summed E-state index contributed by atoms with van der Waals surface area (Å²) in [4.78, 5) is 19.6. The molecule has 7 nitrogen and oxygen atoms in total. The van der Waals surface area contributed by atoms with Gasteiger partial charge in [-0.2, -0.15) is 0 Å². The number of aliphatic hydroxyl groups is 1. The van der Waals surface area contributed by atoms with E-state index in [9.17, 15) is 9.90 Å². The van der Waals surface area contributed by atoms with Crippen LogP contribution in [0.4, 0.5) is 4.79 Å². The fourth-order valence-corrected chi connectivity index (χ4v) is 8.52. The Morgan fingerprint density at radius 2 is 1.89 bits per heavy atom. The van der Waals surface area contributed by atoms with E-state index in [-0.39, 0.29) is 23.0 Å². The van der Waals surface area contributed by atoms with Crippen LogP contribution in [-0.2, 0) is 4.84 Å². The molecule has 0 aromatic heterocycles. The van der Waals surface area contributed by atoms with Gasteiger partial charge >= 0.3 is 6.09 Å². The number of hydrogen-bond donors (Lipinski definition) is 2. The molecule has 2 N–H and O–H groups in total. The Morgan fingerprint density at radius 1 is 1.14 bits per heavy atom. The third-order valence-corrected chi connectivity index (χ3v) is 10.8. The van der Waals surface area contributed by atoms with Crippen molar-refractivity contribution in [3.8, 4) is 0 Å². The highest BCUT2D eigenvalue weighted by Gasteiger charge is 2.59. The lowest BCUT2D eigenvalue weighted by molar-refractivity contribution is -0.869. The van der Waals surface area contributed by atoms with E-state index in [1.807, 2.05) is 0 Å². The summed E-state index contributed by atoms with van der Waals surface area (Å²) >= 11 is 0. The molecule has 3 saturated carbocycles. The molecular formula is C30H53N4O3+. The zero-order valence-electron chi connectivity index (χ0n) is 24.6. The molecule has 4 aliphatic carbocycles. The van der Waals surface area contributed by atoms with Crippen LogP contribution in [0, 0.1) is 34.5 Å². The molecule has 0 aliphatic heterocycles. The van der Waals surface area contributed by atoms with Gasteiger partial charge in [0.2, 0.25) is 0 Å². The SMILES string of the molecule is C/C(=N\OC(=O)N(C)CCNCC[N+](C)(C)C)[C@H]1CC[C@H]2[C@@H]3CCC4=C[C@H](O)CC[C@]4(C)[C@H]3CC[C@]12C. The summed E-state index contributed by atoms with van der Waals surface area (Å²) in [6.07, 6.45) is 10.9. The van der Waals surface area contributed by atoms with Gasteiger partial charge in [-0.05, 0) is 86.9 Å². The number of amides is 1. The van der Waals surface area contributed by atoms with Crippen molar-refractivity contribution in [2.45, 2.75) is 78.2 Å². The van der Waals surface area contributed by atoms with Crippen molar-refractivity contribution in [1.82, 2.24) is 10.2 Å². The molecule has 37 heavy (non-hydrogen) atoms. The van der Waals surface area contributed by atoms with E-state index in [2.05, 4.69) is 58.5 Å². The molecule has 0 radical (unpaired) electrons. The second-order valence-electron chi connectivity index (χ2n) is 14.1. The predicted molar refractivity (Wildman–Crippen MR) is 149 cm³/mol. The predicted octanol–water partition coefficient (Wildman–Crippen LogP) is 4.67. The number of hydrogen-bond acceptors (Lipinski definition) is 5. The van der Waals surface area contributed by atoms with Gasteiger partial charge in [0.15, 0.2) is 0 Å². The summed E-state index contributed by atoms with van der Waals surface area (Å²) < 4.78 is 0.919. The minimum Gasteiger partial charge on any atom is -0.389 e. The minimum absolute atomic E-state index is 0.230. The molecule has 0 bridgehead atoms. The van der Waals surface area contributed by atoms with Gasteiger partial charge in [-0.15, -0.1) is 0 Å². The molecule has 0 heterocycles. The molecule has 1 amide bonds. The average Bonchev–Trinajstić information content (AvgIpc) is 3.19. The van der Waals surface area contributed by atoms with Crippen LogP contribution in [0.25, 0.3) is 0 Å². The maximum Gasteiger partial charge on any atom is 0.435 e. The zero-order valence-corrected chi connectivity index (χ0v) is 24.6. The first-order valence-electron chi connectivity index (χ1n) is 14.7. The summed E-state index contributed by atoms with van der Waals surface area (Å²) in [6.45, 7) is 10.3. The second kappa shape index (κ2) is 11.0. The Balaban J connectivity index is 1.32. The number of allylic oxidation sites excluding steroid dienone is 1. The maximum atomic E-state index is 12.6. The van der Waals surface area contributed by atoms with Gasteiger partial charge in [-0.3, -0.25) is 4.84 Å². The van der Waals surface area contributed by atoms with Gasteiger partial charge < -0.3 is 19.8 Å². The first-order chi connectivity index (χ1) is 17.3. The molecule has 0 aromatic rings. The molecule has 4 rings (SSSR count).